The van der Waals surface area contributed by atoms with Gasteiger partial charge in [0.25, 0.3) is 0 Å². The zero-order valence-electron chi connectivity index (χ0n) is 12.3. The maximum Gasteiger partial charge on any atom is 0.0755 e. The molecular formula is C16H31NO. The van der Waals surface area contributed by atoms with Crippen LogP contribution in [0.25, 0.3) is 0 Å². The SMILES string of the molecule is CCOC(C1CC1)C(CCC1CCCCC1)NC. The first-order chi connectivity index (χ1) is 8.85. The monoisotopic (exact) mass is 253 g/mol. The van der Waals surface area contributed by atoms with Gasteiger partial charge in [-0.05, 0) is 51.5 Å². The van der Waals surface area contributed by atoms with Gasteiger partial charge in [0.05, 0.1) is 6.10 Å². The van der Waals surface area contributed by atoms with Crippen LogP contribution >= 0.6 is 0 Å². The highest BCUT2D eigenvalue weighted by Crippen LogP contribution is 2.37. The minimum absolute atomic E-state index is 0.476. The van der Waals surface area contributed by atoms with Gasteiger partial charge >= 0.3 is 0 Å². The molecule has 2 unspecified atom stereocenters. The Kier molecular flexibility index (Phi) is 5.97. The van der Waals surface area contributed by atoms with Crippen LogP contribution in [0, 0.1) is 11.8 Å². The smallest absolute Gasteiger partial charge is 0.0755 e. The van der Waals surface area contributed by atoms with Crippen molar-refractivity contribution in [1.29, 1.82) is 0 Å². The topological polar surface area (TPSA) is 21.3 Å². The third kappa shape index (κ3) is 4.24. The van der Waals surface area contributed by atoms with Crippen molar-refractivity contribution >= 4 is 0 Å². The van der Waals surface area contributed by atoms with E-state index in [0.717, 1.165) is 18.4 Å². The highest BCUT2D eigenvalue weighted by atomic mass is 16.5. The van der Waals surface area contributed by atoms with Gasteiger partial charge in [-0.2, -0.15) is 0 Å². The Morgan fingerprint density at radius 2 is 1.83 bits per heavy atom. The molecule has 2 saturated carbocycles. The van der Waals surface area contributed by atoms with Crippen LogP contribution in [0.4, 0.5) is 0 Å². The van der Waals surface area contributed by atoms with E-state index in [1.165, 1.54) is 57.8 Å². The minimum Gasteiger partial charge on any atom is -0.377 e. The summed E-state index contributed by atoms with van der Waals surface area (Å²) in [7, 11) is 2.11. The molecule has 2 fully saturated rings. The average molecular weight is 253 g/mol. The highest BCUT2D eigenvalue weighted by molar-refractivity contribution is 4.90. The Morgan fingerprint density at radius 1 is 1.11 bits per heavy atom. The van der Waals surface area contributed by atoms with Crippen molar-refractivity contribution in [3.8, 4) is 0 Å². The van der Waals surface area contributed by atoms with E-state index >= 15 is 0 Å². The van der Waals surface area contributed by atoms with Crippen LogP contribution in [-0.4, -0.2) is 25.8 Å². The molecule has 0 amide bonds. The number of nitrogens with one attached hydrogen (secondary N) is 1. The summed E-state index contributed by atoms with van der Waals surface area (Å²) in [6, 6.07) is 0.583. The first-order valence-corrected chi connectivity index (χ1v) is 8.14. The molecule has 1 N–H and O–H groups in total. The first-order valence-electron chi connectivity index (χ1n) is 8.14. The van der Waals surface area contributed by atoms with Gasteiger partial charge in [-0.3, -0.25) is 0 Å². The molecule has 2 aliphatic rings. The number of hydrogen-bond donors (Lipinski definition) is 1. The molecule has 0 spiro atoms. The summed E-state index contributed by atoms with van der Waals surface area (Å²) in [6.45, 7) is 2.99. The number of ether oxygens (including phenoxy) is 1. The molecule has 18 heavy (non-hydrogen) atoms. The maximum atomic E-state index is 6.00. The fourth-order valence-electron chi connectivity index (χ4n) is 3.56. The van der Waals surface area contributed by atoms with E-state index in [0.29, 0.717) is 12.1 Å². The molecular weight excluding hydrogens is 222 g/mol. The van der Waals surface area contributed by atoms with Crippen LogP contribution in [0.3, 0.4) is 0 Å². The lowest BCUT2D eigenvalue weighted by Crippen LogP contribution is -2.41. The summed E-state index contributed by atoms with van der Waals surface area (Å²) in [4.78, 5) is 0. The predicted octanol–water partition coefficient (Wildman–Crippen LogP) is 3.75. The van der Waals surface area contributed by atoms with E-state index in [9.17, 15) is 0 Å². The molecule has 2 rings (SSSR count). The molecule has 0 aromatic rings. The average Bonchev–Trinajstić information content (AvgIpc) is 3.23. The van der Waals surface area contributed by atoms with Gasteiger partial charge in [0, 0.05) is 12.6 Å². The number of likely N-dealkylation sites (N-methyl/N-ethyl adjacent to an activating group) is 1. The second-order valence-electron chi connectivity index (χ2n) is 6.23. The Hall–Kier alpha value is -0.0800. The van der Waals surface area contributed by atoms with Crippen molar-refractivity contribution in [2.75, 3.05) is 13.7 Å². The Morgan fingerprint density at radius 3 is 2.39 bits per heavy atom. The third-order valence-electron chi connectivity index (χ3n) is 4.82. The molecule has 2 aliphatic carbocycles. The third-order valence-corrected chi connectivity index (χ3v) is 4.82. The number of rotatable bonds is 8. The second-order valence-corrected chi connectivity index (χ2v) is 6.23. The van der Waals surface area contributed by atoms with Crippen LogP contribution < -0.4 is 5.32 Å². The Bertz CT molecular complexity index is 221. The van der Waals surface area contributed by atoms with E-state index in [-0.39, 0.29) is 0 Å². The van der Waals surface area contributed by atoms with Crippen LogP contribution in [0.2, 0.25) is 0 Å². The molecule has 2 heteroatoms. The normalized spacial score (nSPS) is 25.0. The van der Waals surface area contributed by atoms with Crippen LogP contribution in [-0.2, 0) is 4.74 Å². The summed E-state index contributed by atoms with van der Waals surface area (Å²) in [5.74, 6) is 1.84. The summed E-state index contributed by atoms with van der Waals surface area (Å²) in [5, 5.41) is 3.52. The van der Waals surface area contributed by atoms with E-state index in [4.69, 9.17) is 4.74 Å². The van der Waals surface area contributed by atoms with Crippen molar-refractivity contribution in [2.45, 2.75) is 76.9 Å². The lowest BCUT2D eigenvalue weighted by molar-refractivity contribution is 0.0170. The second kappa shape index (κ2) is 7.49. The minimum atomic E-state index is 0.476. The highest BCUT2D eigenvalue weighted by Gasteiger charge is 2.36. The summed E-state index contributed by atoms with van der Waals surface area (Å²) in [5.41, 5.74) is 0. The fraction of sp³-hybridized carbons (Fsp3) is 1.00. The molecule has 0 aromatic carbocycles. The van der Waals surface area contributed by atoms with Gasteiger partial charge in [-0.1, -0.05) is 32.1 Å². The molecule has 0 aromatic heterocycles. The lowest BCUT2D eigenvalue weighted by atomic mass is 9.84. The van der Waals surface area contributed by atoms with Crippen LogP contribution in [0.15, 0.2) is 0 Å². The van der Waals surface area contributed by atoms with Crippen molar-refractivity contribution in [3.05, 3.63) is 0 Å². The lowest BCUT2D eigenvalue weighted by Gasteiger charge is -2.29. The quantitative estimate of drug-likeness (QED) is 0.711. The van der Waals surface area contributed by atoms with Crippen molar-refractivity contribution in [2.24, 2.45) is 11.8 Å². The Labute approximate surface area is 113 Å². The summed E-state index contributed by atoms with van der Waals surface area (Å²) >= 11 is 0. The molecule has 106 valence electrons. The molecule has 2 atom stereocenters. The molecule has 0 aliphatic heterocycles. The molecule has 0 saturated heterocycles. The van der Waals surface area contributed by atoms with Crippen molar-refractivity contribution in [1.82, 2.24) is 5.32 Å². The standard InChI is InChI=1S/C16H31NO/c1-3-18-16(14-10-11-14)15(17-2)12-9-13-7-5-4-6-8-13/h13-17H,3-12H2,1-2H3. The van der Waals surface area contributed by atoms with Crippen LogP contribution in [0.1, 0.15) is 64.7 Å². The van der Waals surface area contributed by atoms with E-state index in [2.05, 4.69) is 19.3 Å². The van der Waals surface area contributed by atoms with Crippen LogP contribution in [0.5, 0.6) is 0 Å². The summed E-state index contributed by atoms with van der Waals surface area (Å²) in [6.07, 6.45) is 13.3. The fourth-order valence-corrected chi connectivity index (χ4v) is 3.56. The summed E-state index contributed by atoms with van der Waals surface area (Å²) < 4.78 is 6.00. The van der Waals surface area contributed by atoms with E-state index in [1.54, 1.807) is 0 Å². The van der Waals surface area contributed by atoms with Gasteiger partial charge in [0.15, 0.2) is 0 Å². The molecule has 0 heterocycles. The largest absolute Gasteiger partial charge is 0.377 e. The van der Waals surface area contributed by atoms with Gasteiger partial charge < -0.3 is 10.1 Å². The van der Waals surface area contributed by atoms with E-state index < -0.39 is 0 Å². The predicted molar refractivity (Wildman–Crippen MR) is 76.8 cm³/mol. The maximum absolute atomic E-state index is 6.00. The van der Waals surface area contributed by atoms with Gasteiger partial charge in [0.2, 0.25) is 0 Å². The Balaban J connectivity index is 1.75. The van der Waals surface area contributed by atoms with E-state index in [1.807, 2.05) is 0 Å². The van der Waals surface area contributed by atoms with Gasteiger partial charge in [-0.15, -0.1) is 0 Å². The van der Waals surface area contributed by atoms with Gasteiger partial charge in [0.1, 0.15) is 0 Å². The molecule has 2 nitrogen and oxygen atoms in total. The number of hydrogen-bond acceptors (Lipinski definition) is 2. The first kappa shape index (κ1) is 14.3. The van der Waals surface area contributed by atoms with Gasteiger partial charge in [-0.25, -0.2) is 0 Å². The zero-order chi connectivity index (χ0) is 12.8. The molecule has 0 bridgehead atoms. The van der Waals surface area contributed by atoms with Crippen molar-refractivity contribution < 1.29 is 4.74 Å². The van der Waals surface area contributed by atoms with Crippen molar-refractivity contribution in [3.63, 3.8) is 0 Å². The zero-order valence-corrected chi connectivity index (χ0v) is 12.3. The molecule has 0 radical (unpaired) electrons.